The van der Waals surface area contributed by atoms with Crippen molar-refractivity contribution in [2.75, 3.05) is 0 Å². The summed E-state index contributed by atoms with van der Waals surface area (Å²) in [5.41, 5.74) is -0.252. The smallest absolute Gasteiger partial charge is 0.309 e. The number of benzene rings is 1. The van der Waals surface area contributed by atoms with Crippen LogP contribution in [0.3, 0.4) is 0 Å². The number of amides is 1. The number of carbonyl (C=O) groups excluding carboxylic acids is 1. The van der Waals surface area contributed by atoms with Crippen molar-refractivity contribution in [3.05, 3.63) is 34.9 Å². The van der Waals surface area contributed by atoms with Gasteiger partial charge < -0.3 is 10.4 Å². The predicted molar refractivity (Wildman–Crippen MR) is 100 cm³/mol. The van der Waals surface area contributed by atoms with E-state index in [2.05, 4.69) is 5.32 Å². The second-order valence-corrected chi connectivity index (χ2v) is 9.62. The topological polar surface area (TPSA) is 66.4 Å². The van der Waals surface area contributed by atoms with Gasteiger partial charge >= 0.3 is 5.97 Å². The van der Waals surface area contributed by atoms with E-state index in [4.69, 9.17) is 11.6 Å². The second-order valence-electron chi connectivity index (χ2n) is 9.19. The summed E-state index contributed by atoms with van der Waals surface area (Å²) in [5.74, 6) is 0.482. The van der Waals surface area contributed by atoms with Gasteiger partial charge in [0.25, 0.3) is 0 Å². The molecule has 2 unspecified atom stereocenters. The van der Waals surface area contributed by atoms with E-state index in [1.807, 2.05) is 38.1 Å². The van der Waals surface area contributed by atoms with Crippen LogP contribution in [0.4, 0.5) is 0 Å². The normalized spacial score (nSPS) is 35.3. The number of carboxylic acids is 1. The van der Waals surface area contributed by atoms with Crippen molar-refractivity contribution in [1.82, 2.24) is 5.32 Å². The van der Waals surface area contributed by atoms with E-state index < -0.39 is 16.8 Å². The summed E-state index contributed by atoms with van der Waals surface area (Å²) < 4.78 is 0. The van der Waals surface area contributed by atoms with Gasteiger partial charge in [-0.15, -0.1) is 0 Å². The lowest BCUT2D eigenvalue weighted by Gasteiger charge is -2.58. The Morgan fingerprint density at radius 2 is 1.69 bits per heavy atom. The average molecular weight is 376 g/mol. The van der Waals surface area contributed by atoms with Crippen LogP contribution in [0.1, 0.15) is 51.5 Å². The molecule has 5 rings (SSSR count). The summed E-state index contributed by atoms with van der Waals surface area (Å²) in [7, 11) is 0. The van der Waals surface area contributed by atoms with Gasteiger partial charge in [-0.2, -0.15) is 0 Å². The molecule has 5 heteroatoms. The summed E-state index contributed by atoms with van der Waals surface area (Å²) in [5, 5.41) is 13.7. The third-order valence-corrected chi connectivity index (χ3v) is 7.41. The van der Waals surface area contributed by atoms with E-state index in [1.54, 1.807) is 0 Å². The van der Waals surface area contributed by atoms with Crippen LogP contribution in [0.2, 0.25) is 5.02 Å². The lowest BCUT2D eigenvalue weighted by molar-refractivity contribution is -0.168. The Hall–Kier alpha value is -1.55. The second kappa shape index (κ2) is 5.98. The Bertz CT molecular complexity index is 726. The first-order valence-corrected chi connectivity index (χ1v) is 9.89. The molecule has 140 valence electrons. The molecule has 0 aliphatic heterocycles. The molecule has 4 aliphatic carbocycles. The number of nitrogens with one attached hydrogen (secondary N) is 1. The molecule has 2 N–H and O–H groups in total. The van der Waals surface area contributed by atoms with E-state index >= 15 is 0 Å². The highest BCUT2D eigenvalue weighted by Crippen LogP contribution is 2.60. The Morgan fingerprint density at radius 1 is 1.12 bits per heavy atom. The molecule has 2 atom stereocenters. The SMILES string of the molecule is CC(C)(C(=O)NC1C2CC3CC1CC(C(=O)O)(C3)C2)c1ccc(Cl)cc1. The summed E-state index contributed by atoms with van der Waals surface area (Å²) >= 11 is 5.97. The molecule has 0 saturated heterocycles. The van der Waals surface area contributed by atoms with Crippen molar-refractivity contribution in [2.45, 2.75) is 57.4 Å². The molecule has 4 bridgehead atoms. The van der Waals surface area contributed by atoms with Crippen molar-refractivity contribution >= 4 is 23.5 Å². The van der Waals surface area contributed by atoms with Crippen molar-refractivity contribution in [1.29, 1.82) is 0 Å². The third-order valence-electron chi connectivity index (χ3n) is 7.16. The van der Waals surface area contributed by atoms with Crippen molar-refractivity contribution < 1.29 is 14.7 Å². The van der Waals surface area contributed by atoms with Crippen molar-refractivity contribution in [3.63, 3.8) is 0 Å². The molecule has 4 saturated carbocycles. The van der Waals surface area contributed by atoms with Gasteiger partial charge in [-0.1, -0.05) is 23.7 Å². The zero-order valence-corrected chi connectivity index (χ0v) is 16.1. The quantitative estimate of drug-likeness (QED) is 0.835. The van der Waals surface area contributed by atoms with Crippen molar-refractivity contribution in [3.8, 4) is 0 Å². The van der Waals surface area contributed by atoms with Gasteiger partial charge in [0.2, 0.25) is 5.91 Å². The molecule has 4 fully saturated rings. The minimum Gasteiger partial charge on any atom is -0.481 e. The van der Waals surface area contributed by atoms with Gasteiger partial charge in [-0.3, -0.25) is 9.59 Å². The van der Waals surface area contributed by atoms with E-state index in [0.717, 1.165) is 24.8 Å². The predicted octanol–water partition coefficient (Wildman–Crippen LogP) is 4.01. The number of carbonyl (C=O) groups is 2. The molecule has 0 heterocycles. The molecule has 1 aromatic carbocycles. The molecule has 4 nitrogen and oxygen atoms in total. The van der Waals surface area contributed by atoms with Crippen LogP contribution in [0.15, 0.2) is 24.3 Å². The molecule has 26 heavy (non-hydrogen) atoms. The van der Waals surface area contributed by atoms with Gasteiger partial charge in [-0.05, 0) is 81.4 Å². The van der Waals surface area contributed by atoms with E-state index in [-0.39, 0.29) is 11.9 Å². The molecule has 0 radical (unpaired) electrons. The first-order chi connectivity index (χ1) is 12.2. The van der Waals surface area contributed by atoms with Gasteiger partial charge in [0.05, 0.1) is 10.8 Å². The number of carboxylic acid groups (broad SMARTS) is 1. The van der Waals surface area contributed by atoms with Crippen LogP contribution in [-0.4, -0.2) is 23.0 Å². The monoisotopic (exact) mass is 375 g/mol. The molecule has 0 spiro atoms. The number of hydrogen-bond acceptors (Lipinski definition) is 2. The summed E-state index contributed by atoms with van der Waals surface area (Å²) in [6.45, 7) is 3.86. The van der Waals surface area contributed by atoms with Gasteiger partial charge in [0, 0.05) is 11.1 Å². The fraction of sp³-hybridized carbons (Fsp3) is 0.619. The average Bonchev–Trinajstić information content (AvgIpc) is 2.57. The molecule has 0 aromatic heterocycles. The fourth-order valence-corrected chi connectivity index (χ4v) is 5.98. The Kier molecular flexibility index (Phi) is 4.11. The highest BCUT2D eigenvalue weighted by atomic mass is 35.5. The van der Waals surface area contributed by atoms with Crippen LogP contribution in [0.25, 0.3) is 0 Å². The maximum Gasteiger partial charge on any atom is 0.309 e. The molecule has 1 amide bonds. The molecular formula is C21H26ClNO3. The van der Waals surface area contributed by atoms with E-state index in [9.17, 15) is 14.7 Å². The highest BCUT2D eigenvalue weighted by molar-refractivity contribution is 6.30. The summed E-state index contributed by atoms with van der Waals surface area (Å²) in [6.07, 6.45) is 4.35. The van der Waals surface area contributed by atoms with Gasteiger partial charge in [0.1, 0.15) is 0 Å². The number of rotatable bonds is 4. The van der Waals surface area contributed by atoms with Gasteiger partial charge in [-0.25, -0.2) is 0 Å². The van der Waals surface area contributed by atoms with Crippen molar-refractivity contribution in [2.24, 2.45) is 23.2 Å². The molecule has 1 aromatic rings. The zero-order valence-electron chi connectivity index (χ0n) is 15.3. The number of hydrogen-bond donors (Lipinski definition) is 2. The first kappa shape index (κ1) is 17.8. The third kappa shape index (κ3) is 2.74. The maximum absolute atomic E-state index is 13.1. The van der Waals surface area contributed by atoms with E-state index in [0.29, 0.717) is 35.6 Å². The Labute approximate surface area is 159 Å². The standard InChI is InChI=1S/C21H26ClNO3/c1-20(2,15-3-5-16(22)6-4-15)18(24)23-17-13-7-12-8-14(17)11-21(9-12,10-13)19(25)26/h3-6,12-14,17H,7-11H2,1-2H3,(H,23,24)(H,25,26). The number of halogens is 1. The largest absolute Gasteiger partial charge is 0.481 e. The van der Waals surface area contributed by atoms with E-state index in [1.165, 1.54) is 0 Å². The van der Waals surface area contributed by atoms with Crippen LogP contribution >= 0.6 is 11.6 Å². The first-order valence-electron chi connectivity index (χ1n) is 9.52. The lowest BCUT2D eigenvalue weighted by Crippen LogP contribution is -2.62. The van der Waals surface area contributed by atoms with Gasteiger partial charge in [0.15, 0.2) is 0 Å². The van der Waals surface area contributed by atoms with Crippen LogP contribution in [0, 0.1) is 23.2 Å². The maximum atomic E-state index is 13.1. The number of aliphatic carboxylic acids is 1. The van der Waals surface area contributed by atoms with Crippen LogP contribution in [-0.2, 0) is 15.0 Å². The Morgan fingerprint density at radius 3 is 2.23 bits per heavy atom. The molecular weight excluding hydrogens is 350 g/mol. The minimum atomic E-state index is -0.649. The zero-order chi connectivity index (χ0) is 18.7. The summed E-state index contributed by atoms with van der Waals surface area (Å²) in [4.78, 5) is 25.0. The Balaban J connectivity index is 1.52. The highest BCUT2D eigenvalue weighted by Gasteiger charge is 2.59. The molecule has 4 aliphatic rings. The minimum absolute atomic E-state index is 0.0154. The van der Waals surface area contributed by atoms with Crippen LogP contribution in [0.5, 0.6) is 0 Å². The fourth-order valence-electron chi connectivity index (χ4n) is 5.85. The summed E-state index contributed by atoms with van der Waals surface area (Å²) in [6, 6.07) is 7.53. The lowest BCUT2D eigenvalue weighted by atomic mass is 9.48. The van der Waals surface area contributed by atoms with Crippen LogP contribution < -0.4 is 5.32 Å².